The van der Waals surface area contributed by atoms with E-state index >= 15 is 0 Å². The van der Waals surface area contributed by atoms with E-state index in [4.69, 9.17) is 4.74 Å². The molecule has 0 aromatic heterocycles. The fraction of sp³-hybridized carbons (Fsp3) is 0.625. The van der Waals surface area contributed by atoms with Crippen LogP contribution < -0.4 is 4.90 Å². The van der Waals surface area contributed by atoms with Gasteiger partial charge >= 0.3 is 0 Å². The van der Waals surface area contributed by atoms with Gasteiger partial charge in [-0.1, -0.05) is 30.3 Å². The van der Waals surface area contributed by atoms with Crippen molar-refractivity contribution in [2.24, 2.45) is 0 Å². The van der Waals surface area contributed by atoms with Gasteiger partial charge in [0.15, 0.2) is 0 Å². The predicted molar refractivity (Wildman–Crippen MR) is 78.2 cm³/mol. The molecule has 0 aliphatic rings. The number of quaternary nitrogens is 1. The van der Waals surface area contributed by atoms with E-state index in [9.17, 15) is 5.11 Å². The molecule has 3 nitrogen and oxygen atoms in total. The van der Waals surface area contributed by atoms with E-state index in [1.165, 1.54) is 4.90 Å². The highest BCUT2D eigenvalue weighted by Crippen LogP contribution is 2.00. The van der Waals surface area contributed by atoms with Gasteiger partial charge in [0.05, 0.1) is 25.3 Å². The van der Waals surface area contributed by atoms with Crippen LogP contribution in [0.4, 0.5) is 0 Å². The maximum absolute atomic E-state index is 10.0. The van der Waals surface area contributed by atoms with Crippen LogP contribution in [0.15, 0.2) is 30.3 Å². The summed E-state index contributed by atoms with van der Waals surface area (Å²) >= 11 is 0. The highest BCUT2D eigenvalue weighted by Gasteiger charge is 2.21. The summed E-state index contributed by atoms with van der Waals surface area (Å²) in [6.45, 7) is 10.5. The second-order valence-electron chi connectivity index (χ2n) is 5.74. The molecule has 0 heterocycles. The maximum atomic E-state index is 10.0. The van der Waals surface area contributed by atoms with Gasteiger partial charge in [0.2, 0.25) is 0 Å². The Morgan fingerprint density at radius 2 is 1.63 bits per heavy atom. The molecule has 0 spiro atoms. The molecule has 0 aliphatic heterocycles. The van der Waals surface area contributed by atoms with Crippen molar-refractivity contribution < 1.29 is 14.7 Å². The van der Waals surface area contributed by atoms with E-state index in [0.717, 1.165) is 12.1 Å². The average Bonchev–Trinajstić information content (AvgIpc) is 2.36. The highest BCUT2D eigenvalue weighted by molar-refractivity contribution is 5.13. The molecule has 3 heteroatoms. The third-order valence-electron chi connectivity index (χ3n) is 3.38. The fourth-order valence-electron chi connectivity index (χ4n) is 2.36. The van der Waals surface area contributed by atoms with Crippen LogP contribution in [0, 0.1) is 0 Å². The van der Waals surface area contributed by atoms with Crippen LogP contribution in [-0.2, 0) is 11.3 Å². The largest absolute Gasteiger partial charge is 0.385 e. The van der Waals surface area contributed by atoms with Crippen LogP contribution in [0.3, 0.4) is 0 Å². The number of aliphatic hydroxyl groups excluding tert-OH is 1. The lowest BCUT2D eigenvalue weighted by Gasteiger charge is -2.29. The standard InChI is InChI=1S/C16H27NO2/c1-13(2)17(14(3)4)10-16(18)12-19-11-15-8-6-5-7-9-15/h5-9,13-14,16,18H,10-12H2,1-4H3/p+1/t16-/m0/s1. The summed E-state index contributed by atoms with van der Waals surface area (Å²) in [6.07, 6.45) is -0.400. The Labute approximate surface area is 117 Å². The van der Waals surface area contributed by atoms with E-state index in [2.05, 4.69) is 27.7 Å². The summed E-state index contributed by atoms with van der Waals surface area (Å²) in [5, 5.41) is 10.0. The molecule has 0 saturated heterocycles. The van der Waals surface area contributed by atoms with Crippen molar-refractivity contribution in [3.63, 3.8) is 0 Å². The Balaban J connectivity index is 2.29. The van der Waals surface area contributed by atoms with Crippen molar-refractivity contribution in [3.05, 3.63) is 35.9 Å². The van der Waals surface area contributed by atoms with Gasteiger partial charge in [-0.15, -0.1) is 0 Å². The van der Waals surface area contributed by atoms with E-state index < -0.39 is 6.10 Å². The number of hydrogen-bond donors (Lipinski definition) is 2. The summed E-state index contributed by atoms with van der Waals surface area (Å²) in [6, 6.07) is 11.1. The van der Waals surface area contributed by atoms with E-state index in [1.54, 1.807) is 0 Å². The Morgan fingerprint density at radius 1 is 1.05 bits per heavy atom. The zero-order valence-electron chi connectivity index (χ0n) is 12.6. The molecule has 2 N–H and O–H groups in total. The molecule has 0 aliphatic carbocycles. The molecule has 0 bridgehead atoms. The van der Waals surface area contributed by atoms with Crippen LogP contribution in [0.25, 0.3) is 0 Å². The number of rotatable bonds is 8. The number of hydrogen-bond acceptors (Lipinski definition) is 2. The molecule has 1 atom stereocenters. The molecule has 0 fully saturated rings. The third kappa shape index (κ3) is 6.19. The molecule has 1 rings (SSSR count). The molecule has 0 radical (unpaired) electrons. The molecular weight excluding hydrogens is 238 g/mol. The first-order chi connectivity index (χ1) is 9.00. The third-order valence-corrected chi connectivity index (χ3v) is 3.38. The lowest BCUT2D eigenvalue weighted by Crippen LogP contribution is -3.18. The van der Waals surface area contributed by atoms with E-state index in [-0.39, 0.29) is 0 Å². The quantitative estimate of drug-likeness (QED) is 0.743. The van der Waals surface area contributed by atoms with Crippen molar-refractivity contribution in [1.29, 1.82) is 0 Å². The zero-order valence-corrected chi connectivity index (χ0v) is 12.6. The summed E-state index contributed by atoms with van der Waals surface area (Å²) in [5.41, 5.74) is 1.15. The Kier molecular flexibility index (Phi) is 7.06. The van der Waals surface area contributed by atoms with Gasteiger partial charge in [-0.25, -0.2) is 0 Å². The lowest BCUT2D eigenvalue weighted by molar-refractivity contribution is -0.945. The van der Waals surface area contributed by atoms with Gasteiger partial charge in [-0.05, 0) is 33.3 Å². The maximum Gasteiger partial charge on any atom is 0.126 e. The predicted octanol–water partition coefficient (Wildman–Crippen LogP) is 1.27. The Hall–Kier alpha value is -0.900. The first-order valence-corrected chi connectivity index (χ1v) is 7.16. The van der Waals surface area contributed by atoms with Crippen LogP contribution >= 0.6 is 0 Å². The van der Waals surface area contributed by atoms with E-state index in [1.807, 2.05) is 30.3 Å². The molecule has 1 aromatic carbocycles. The second kappa shape index (κ2) is 8.31. The summed E-state index contributed by atoms with van der Waals surface area (Å²) in [4.78, 5) is 1.41. The van der Waals surface area contributed by atoms with Crippen molar-refractivity contribution in [3.8, 4) is 0 Å². The molecule has 0 saturated carbocycles. The van der Waals surface area contributed by atoms with Crippen LogP contribution in [0.2, 0.25) is 0 Å². The second-order valence-corrected chi connectivity index (χ2v) is 5.74. The molecule has 0 amide bonds. The molecular formula is C16H28NO2+. The van der Waals surface area contributed by atoms with Crippen LogP contribution in [0.5, 0.6) is 0 Å². The Bertz CT molecular complexity index is 330. The topological polar surface area (TPSA) is 33.9 Å². The minimum absolute atomic E-state index is 0.400. The molecule has 19 heavy (non-hydrogen) atoms. The summed E-state index contributed by atoms with van der Waals surface area (Å²) in [5.74, 6) is 0. The molecule has 108 valence electrons. The fourth-order valence-corrected chi connectivity index (χ4v) is 2.36. The van der Waals surface area contributed by atoms with Crippen molar-refractivity contribution in [2.75, 3.05) is 13.2 Å². The first-order valence-electron chi connectivity index (χ1n) is 7.16. The summed E-state index contributed by atoms with van der Waals surface area (Å²) in [7, 11) is 0. The molecule has 1 aromatic rings. The number of ether oxygens (including phenoxy) is 1. The van der Waals surface area contributed by atoms with Gasteiger partial charge in [0.25, 0.3) is 0 Å². The minimum atomic E-state index is -0.400. The monoisotopic (exact) mass is 266 g/mol. The van der Waals surface area contributed by atoms with Gasteiger partial charge < -0.3 is 14.7 Å². The van der Waals surface area contributed by atoms with Gasteiger partial charge in [-0.2, -0.15) is 0 Å². The number of nitrogens with one attached hydrogen (secondary N) is 1. The molecule has 0 unspecified atom stereocenters. The van der Waals surface area contributed by atoms with Gasteiger partial charge in [-0.3, -0.25) is 0 Å². The number of aliphatic hydroxyl groups is 1. The van der Waals surface area contributed by atoms with Crippen molar-refractivity contribution in [2.45, 2.75) is 52.5 Å². The smallest absolute Gasteiger partial charge is 0.126 e. The van der Waals surface area contributed by atoms with Gasteiger partial charge in [0, 0.05) is 0 Å². The Morgan fingerprint density at radius 3 is 2.16 bits per heavy atom. The SMILES string of the molecule is CC(C)[NH+](C[C@H](O)COCc1ccccc1)C(C)C. The van der Waals surface area contributed by atoms with Gasteiger partial charge in [0.1, 0.15) is 12.6 Å². The number of benzene rings is 1. The van der Waals surface area contributed by atoms with Crippen LogP contribution in [-0.4, -0.2) is 36.4 Å². The average molecular weight is 266 g/mol. The summed E-state index contributed by atoms with van der Waals surface area (Å²) < 4.78 is 5.58. The van der Waals surface area contributed by atoms with Crippen molar-refractivity contribution in [1.82, 2.24) is 0 Å². The van der Waals surface area contributed by atoms with Crippen LogP contribution in [0.1, 0.15) is 33.3 Å². The lowest BCUT2D eigenvalue weighted by atomic mass is 10.2. The highest BCUT2D eigenvalue weighted by atomic mass is 16.5. The van der Waals surface area contributed by atoms with Crippen molar-refractivity contribution >= 4 is 0 Å². The minimum Gasteiger partial charge on any atom is -0.385 e. The zero-order chi connectivity index (χ0) is 14.3. The first kappa shape index (κ1) is 16.2. The van der Waals surface area contributed by atoms with E-state index in [0.29, 0.717) is 25.3 Å². The normalized spacial score (nSPS) is 13.5.